The fraction of sp³-hybridized carbons (Fsp3) is 0.409. The molecule has 0 aliphatic carbocycles. The van der Waals surface area contributed by atoms with Crippen molar-refractivity contribution in [1.29, 1.82) is 0 Å². The van der Waals surface area contributed by atoms with E-state index in [9.17, 15) is 8.42 Å². The van der Waals surface area contributed by atoms with Gasteiger partial charge in [0.25, 0.3) is 10.1 Å². The van der Waals surface area contributed by atoms with E-state index in [2.05, 4.69) is 28.9 Å². The summed E-state index contributed by atoms with van der Waals surface area (Å²) in [5, 5.41) is 1.07. The highest BCUT2D eigenvalue weighted by atomic mass is 32.2. The van der Waals surface area contributed by atoms with Crippen LogP contribution in [0.5, 0.6) is 0 Å². The molecule has 0 radical (unpaired) electrons. The van der Waals surface area contributed by atoms with E-state index in [4.69, 9.17) is 8.92 Å². The number of benzene rings is 2. The quantitative estimate of drug-likeness (QED) is 0.340. The van der Waals surface area contributed by atoms with E-state index in [1.54, 1.807) is 35.6 Å². The molecule has 2 aromatic carbocycles. The Hall–Kier alpha value is -2.00. The molecule has 0 atom stereocenters. The predicted octanol–water partition coefficient (Wildman–Crippen LogP) is 4.33. The van der Waals surface area contributed by atoms with E-state index in [-0.39, 0.29) is 18.1 Å². The van der Waals surface area contributed by atoms with Crippen molar-refractivity contribution in [3.63, 3.8) is 0 Å². The smallest absolute Gasteiger partial charge is 0.297 e. The van der Waals surface area contributed by atoms with Crippen molar-refractivity contribution in [2.75, 3.05) is 38.3 Å². The number of anilines is 1. The molecule has 0 fully saturated rings. The molecule has 0 aliphatic rings. The number of likely N-dealkylation sites (N-methyl/N-ethyl adjacent to an activating group) is 1. The molecule has 0 spiro atoms. The zero-order chi connectivity index (χ0) is 21.7. The van der Waals surface area contributed by atoms with Crippen LogP contribution in [-0.2, 0) is 25.5 Å². The molecular weight excluding hydrogens is 420 g/mol. The molecule has 0 N–H and O–H groups in total. The van der Waals surface area contributed by atoms with Crippen LogP contribution in [0.1, 0.15) is 23.1 Å². The van der Waals surface area contributed by atoms with Crippen molar-refractivity contribution in [2.24, 2.45) is 0 Å². The average Bonchev–Trinajstić information content (AvgIpc) is 3.08. The lowest BCUT2D eigenvalue weighted by atomic mass is 10.1. The van der Waals surface area contributed by atoms with Gasteiger partial charge in [0, 0.05) is 19.3 Å². The van der Waals surface area contributed by atoms with Crippen molar-refractivity contribution >= 4 is 37.4 Å². The third-order valence-corrected chi connectivity index (χ3v) is 7.09. The van der Waals surface area contributed by atoms with Crippen molar-refractivity contribution in [3.05, 3.63) is 52.5 Å². The highest BCUT2D eigenvalue weighted by Crippen LogP contribution is 2.30. The molecular formula is C22H28N2O4S2. The number of aryl methyl sites for hydroxylation is 3. The van der Waals surface area contributed by atoms with Crippen LogP contribution in [-0.4, -0.2) is 46.8 Å². The number of ether oxygens (including phenoxy) is 1. The molecule has 30 heavy (non-hydrogen) atoms. The Balaban J connectivity index is 1.47. The molecule has 0 bridgehead atoms. The van der Waals surface area contributed by atoms with Gasteiger partial charge < -0.3 is 9.64 Å². The summed E-state index contributed by atoms with van der Waals surface area (Å²) in [5.41, 5.74) is 4.48. The van der Waals surface area contributed by atoms with Crippen molar-refractivity contribution < 1.29 is 17.3 Å². The Morgan fingerprint density at radius 1 is 1.07 bits per heavy atom. The number of thiazole rings is 1. The zero-order valence-electron chi connectivity index (χ0n) is 17.8. The second-order valence-corrected chi connectivity index (χ2v) is 10.0. The molecule has 162 valence electrons. The van der Waals surface area contributed by atoms with Gasteiger partial charge in [-0.15, -0.1) is 11.3 Å². The maximum Gasteiger partial charge on any atom is 0.297 e. The van der Waals surface area contributed by atoms with Crippen molar-refractivity contribution in [3.8, 4) is 0 Å². The number of fused-ring (bicyclic) bond motifs is 1. The normalized spacial score (nSPS) is 11.9. The van der Waals surface area contributed by atoms with Gasteiger partial charge in [0.05, 0.1) is 39.9 Å². The van der Waals surface area contributed by atoms with Crippen LogP contribution < -0.4 is 4.90 Å². The summed E-state index contributed by atoms with van der Waals surface area (Å²) < 4.78 is 36.2. The van der Waals surface area contributed by atoms with Gasteiger partial charge in [0.15, 0.2) is 0 Å². The highest BCUT2D eigenvalue weighted by Gasteiger charge is 2.15. The Bertz CT molecular complexity index is 1090. The third-order valence-electron chi connectivity index (χ3n) is 4.83. The fourth-order valence-electron chi connectivity index (χ4n) is 3.16. The Morgan fingerprint density at radius 3 is 2.50 bits per heavy atom. The van der Waals surface area contributed by atoms with E-state index >= 15 is 0 Å². The van der Waals surface area contributed by atoms with Gasteiger partial charge in [-0.25, -0.2) is 4.98 Å². The predicted molar refractivity (Wildman–Crippen MR) is 122 cm³/mol. The summed E-state index contributed by atoms with van der Waals surface area (Å²) in [6.07, 6.45) is 0.928. The molecule has 0 saturated heterocycles. The average molecular weight is 449 g/mol. The van der Waals surface area contributed by atoms with Crippen LogP contribution >= 0.6 is 11.3 Å². The van der Waals surface area contributed by atoms with Crippen LogP contribution in [0.2, 0.25) is 0 Å². The Labute approximate surface area is 182 Å². The van der Waals surface area contributed by atoms with Crippen molar-refractivity contribution in [2.45, 2.75) is 32.1 Å². The molecule has 1 aromatic heterocycles. The molecule has 0 aliphatic heterocycles. The van der Waals surface area contributed by atoms with E-state index < -0.39 is 10.1 Å². The SMILES string of the molecule is CCc1cc2nc(C)sc2cc1N(C)CCOCCOS(=O)(=O)c1ccc(C)cc1. The topological polar surface area (TPSA) is 68.7 Å². The van der Waals surface area contributed by atoms with E-state index in [1.165, 1.54) is 16.0 Å². The molecule has 1 heterocycles. The maximum atomic E-state index is 12.2. The van der Waals surface area contributed by atoms with Crippen LogP contribution in [0.3, 0.4) is 0 Å². The van der Waals surface area contributed by atoms with Crippen LogP contribution in [0, 0.1) is 13.8 Å². The van der Waals surface area contributed by atoms with E-state index in [0.29, 0.717) is 13.2 Å². The minimum atomic E-state index is -3.75. The Kier molecular flexibility index (Phi) is 7.46. The lowest BCUT2D eigenvalue weighted by Crippen LogP contribution is -2.24. The molecule has 3 rings (SSSR count). The van der Waals surface area contributed by atoms with Gasteiger partial charge in [-0.2, -0.15) is 8.42 Å². The first-order valence-electron chi connectivity index (χ1n) is 9.95. The second kappa shape index (κ2) is 9.87. The van der Waals surface area contributed by atoms with Gasteiger partial charge in [0.1, 0.15) is 0 Å². The Morgan fingerprint density at radius 2 is 1.80 bits per heavy atom. The minimum absolute atomic E-state index is 0.00770. The second-order valence-electron chi connectivity index (χ2n) is 7.16. The van der Waals surface area contributed by atoms with Gasteiger partial charge in [-0.1, -0.05) is 24.6 Å². The number of hydrogen-bond acceptors (Lipinski definition) is 7. The summed E-state index contributed by atoms with van der Waals surface area (Å²) in [7, 11) is -1.71. The first kappa shape index (κ1) is 22.7. The highest BCUT2D eigenvalue weighted by molar-refractivity contribution is 7.86. The lowest BCUT2D eigenvalue weighted by molar-refractivity contribution is 0.107. The van der Waals surface area contributed by atoms with E-state index in [0.717, 1.165) is 22.5 Å². The zero-order valence-corrected chi connectivity index (χ0v) is 19.5. The maximum absolute atomic E-state index is 12.2. The molecule has 3 aromatic rings. The van der Waals surface area contributed by atoms with Crippen LogP contribution in [0.15, 0.2) is 41.3 Å². The summed E-state index contributed by atoms with van der Waals surface area (Å²) in [4.78, 5) is 6.90. The van der Waals surface area contributed by atoms with Gasteiger partial charge in [0.2, 0.25) is 0 Å². The van der Waals surface area contributed by atoms with Crippen LogP contribution in [0.25, 0.3) is 10.2 Å². The number of hydrogen-bond donors (Lipinski definition) is 0. The molecule has 0 unspecified atom stereocenters. The molecule has 8 heteroatoms. The molecule has 0 amide bonds. The van der Waals surface area contributed by atoms with Crippen LogP contribution in [0.4, 0.5) is 5.69 Å². The molecule has 0 saturated carbocycles. The summed E-state index contributed by atoms with van der Waals surface area (Å²) in [5.74, 6) is 0. The van der Waals surface area contributed by atoms with Gasteiger partial charge in [-0.05, 0) is 50.1 Å². The summed E-state index contributed by atoms with van der Waals surface area (Å²) in [6, 6.07) is 10.9. The number of aromatic nitrogens is 1. The van der Waals surface area contributed by atoms with Crippen molar-refractivity contribution in [1.82, 2.24) is 4.98 Å². The first-order chi connectivity index (χ1) is 14.3. The minimum Gasteiger partial charge on any atom is -0.377 e. The van der Waals surface area contributed by atoms with Gasteiger partial charge >= 0.3 is 0 Å². The first-order valence-corrected chi connectivity index (χ1v) is 12.2. The summed E-state index contributed by atoms with van der Waals surface area (Å²) in [6.45, 7) is 7.45. The number of rotatable bonds is 10. The number of nitrogens with zero attached hydrogens (tertiary/aromatic N) is 2. The standard InChI is InChI=1S/C22H28N2O4S2/c1-5-18-14-20-22(29-17(3)23-20)15-21(18)24(4)10-11-27-12-13-28-30(25,26)19-8-6-16(2)7-9-19/h6-9,14-15H,5,10-13H2,1-4H3. The lowest BCUT2D eigenvalue weighted by Gasteiger charge is -2.22. The molecule has 6 nitrogen and oxygen atoms in total. The van der Waals surface area contributed by atoms with Gasteiger partial charge in [-0.3, -0.25) is 4.18 Å². The largest absolute Gasteiger partial charge is 0.377 e. The summed E-state index contributed by atoms with van der Waals surface area (Å²) >= 11 is 1.70. The monoisotopic (exact) mass is 448 g/mol. The van der Waals surface area contributed by atoms with E-state index in [1.807, 2.05) is 20.9 Å². The third kappa shape index (κ3) is 5.57. The fourth-order valence-corrected chi connectivity index (χ4v) is 4.89.